The van der Waals surface area contributed by atoms with E-state index in [0.29, 0.717) is 11.9 Å². The van der Waals surface area contributed by atoms with E-state index in [9.17, 15) is 24.5 Å². The van der Waals surface area contributed by atoms with E-state index < -0.39 is 10.7 Å². The summed E-state index contributed by atoms with van der Waals surface area (Å²) in [7, 11) is 0. The second-order valence-corrected chi connectivity index (χ2v) is 5.84. The van der Waals surface area contributed by atoms with E-state index in [1.165, 1.54) is 22.8 Å². The molecule has 0 unspecified atom stereocenters. The number of nitro benzene ring substituents is 1. The van der Waals surface area contributed by atoms with Crippen molar-refractivity contribution in [2.45, 2.75) is 32.2 Å². The van der Waals surface area contributed by atoms with Crippen molar-refractivity contribution in [2.75, 3.05) is 0 Å². The van der Waals surface area contributed by atoms with Crippen LogP contribution in [-0.2, 0) is 16.1 Å². The Morgan fingerprint density at radius 2 is 2.08 bits per heavy atom. The van der Waals surface area contributed by atoms with Crippen molar-refractivity contribution in [1.82, 2.24) is 15.4 Å². The van der Waals surface area contributed by atoms with Gasteiger partial charge in [-0.05, 0) is 25.3 Å². The zero-order valence-electron chi connectivity index (χ0n) is 13.2. The molecule has 0 saturated heterocycles. The van der Waals surface area contributed by atoms with Crippen molar-refractivity contribution in [1.29, 1.82) is 0 Å². The van der Waals surface area contributed by atoms with Crippen molar-refractivity contribution in [3.05, 3.63) is 38.9 Å². The van der Waals surface area contributed by atoms with E-state index in [-0.39, 0.29) is 42.0 Å². The number of nitrogens with zero attached hydrogens (tertiary/aromatic N) is 2. The molecule has 2 amide bonds. The molecule has 10 nitrogen and oxygen atoms in total. The van der Waals surface area contributed by atoms with Crippen LogP contribution in [0.4, 0.5) is 5.69 Å². The zero-order valence-corrected chi connectivity index (χ0v) is 13.2. The molecule has 2 N–H and O–H groups in total. The van der Waals surface area contributed by atoms with Gasteiger partial charge in [0.15, 0.2) is 5.58 Å². The molecule has 1 fully saturated rings. The smallest absolute Gasteiger partial charge is 0.407 e. The van der Waals surface area contributed by atoms with Crippen molar-refractivity contribution in [3.63, 3.8) is 0 Å². The van der Waals surface area contributed by atoms with Crippen LogP contribution >= 0.6 is 0 Å². The third-order valence-electron chi connectivity index (χ3n) is 3.92. The van der Waals surface area contributed by atoms with Gasteiger partial charge in [0.2, 0.25) is 11.8 Å². The monoisotopic (exact) mass is 348 g/mol. The lowest BCUT2D eigenvalue weighted by atomic mass is 10.2. The Labute approximate surface area is 140 Å². The first-order valence-corrected chi connectivity index (χ1v) is 7.82. The van der Waals surface area contributed by atoms with Crippen molar-refractivity contribution in [2.24, 2.45) is 5.92 Å². The van der Waals surface area contributed by atoms with Gasteiger partial charge in [-0.15, -0.1) is 0 Å². The maximum atomic E-state index is 11.9. The van der Waals surface area contributed by atoms with Gasteiger partial charge in [0.25, 0.3) is 5.69 Å². The number of hydrogen-bond acceptors (Lipinski definition) is 6. The molecule has 0 bridgehead atoms. The molecule has 1 aliphatic carbocycles. The van der Waals surface area contributed by atoms with Crippen molar-refractivity contribution in [3.8, 4) is 0 Å². The summed E-state index contributed by atoms with van der Waals surface area (Å²) in [5.74, 6) is -1.18. The summed E-state index contributed by atoms with van der Waals surface area (Å²) in [6.45, 7) is 0.216. The summed E-state index contributed by atoms with van der Waals surface area (Å²) in [4.78, 5) is 45.1. The molecule has 3 rings (SSSR count). The SMILES string of the molecule is O=C(CCCn1c(=O)oc2cc([N+](=O)[O-])ccc21)NNC(=O)C1CC1. The van der Waals surface area contributed by atoms with Gasteiger partial charge in [0, 0.05) is 24.9 Å². The lowest BCUT2D eigenvalue weighted by Crippen LogP contribution is -2.42. The van der Waals surface area contributed by atoms with Crippen LogP contribution in [0.1, 0.15) is 25.7 Å². The van der Waals surface area contributed by atoms with Crippen LogP contribution in [0.3, 0.4) is 0 Å². The molecule has 10 heteroatoms. The number of nitrogens with one attached hydrogen (secondary N) is 2. The molecule has 1 aromatic heterocycles. The molecule has 0 aliphatic heterocycles. The number of carbonyl (C=O) groups excluding carboxylic acids is 2. The van der Waals surface area contributed by atoms with Gasteiger partial charge in [-0.2, -0.15) is 0 Å². The number of non-ortho nitro benzene ring substituents is 1. The number of hydrogen-bond donors (Lipinski definition) is 2. The Morgan fingerprint density at radius 1 is 1.32 bits per heavy atom. The summed E-state index contributed by atoms with van der Waals surface area (Å²) in [6, 6.07) is 3.91. The highest BCUT2D eigenvalue weighted by atomic mass is 16.6. The topological polar surface area (TPSA) is 136 Å². The molecule has 1 aromatic carbocycles. The van der Waals surface area contributed by atoms with Crippen molar-refractivity contribution < 1.29 is 18.9 Å². The molecule has 2 aromatic rings. The summed E-state index contributed by atoms with van der Waals surface area (Å²) in [5, 5.41) is 10.7. The molecule has 0 radical (unpaired) electrons. The lowest BCUT2D eigenvalue weighted by molar-refractivity contribution is -0.384. The number of nitro groups is 1. The van der Waals surface area contributed by atoms with Crippen LogP contribution in [0.15, 0.2) is 27.4 Å². The molecule has 0 atom stereocenters. The standard InChI is InChI=1S/C15H16N4O6/c20-13(16-17-14(21)9-3-4-9)2-1-7-18-11-6-5-10(19(23)24)8-12(11)25-15(18)22/h5-6,8-9H,1-4,7H2,(H,16,20)(H,17,21). The van der Waals surface area contributed by atoms with Crippen LogP contribution < -0.4 is 16.6 Å². The highest BCUT2D eigenvalue weighted by molar-refractivity contribution is 5.84. The van der Waals surface area contributed by atoms with Crippen LogP contribution in [-0.4, -0.2) is 21.3 Å². The predicted molar refractivity (Wildman–Crippen MR) is 85.4 cm³/mol. The van der Waals surface area contributed by atoms with Gasteiger partial charge in [0.1, 0.15) is 0 Å². The van der Waals surface area contributed by atoms with Gasteiger partial charge in [0.05, 0.1) is 16.5 Å². The van der Waals surface area contributed by atoms with Gasteiger partial charge < -0.3 is 4.42 Å². The van der Waals surface area contributed by atoms with E-state index in [1.54, 1.807) is 0 Å². The maximum absolute atomic E-state index is 11.9. The Morgan fingerprint density at radius 3 is 2.76 bits per heavy atom. The summed E-state index contributed by atoms with van der Waals surface area (Å²) in [5.41, 5.74) is 5.07. The van der Waals surface area contributed by atoms with Crippen LogP contribution in [0.25, 0.3) is 11.1 Å². The summed E-state index contributed by atoms with van der Waals surface area (Å²) < 4.78 is 6.32. The fourth-order valence-electron chi connectivity index (χ4n) is 2.42. The first kappa shape index (κ1) is 16.7. The third kappa shape index (κ3) is 3.84. The Bertz CT molecular complexity index is 895. The van der Waals surface area contributed by atoms with E-state index in [1.807, 2.05) is 0 Å². The number of carbonyl (C=O) groups is 2. The Hall–Kier alpha value is -3.17. The summed E-state index contributed by atoms with van der Waals surface area (Å²) >= 11 is 0. The van der Waals surface area contributed by atoms with Gasteiger partial charge in [-0.3, -0.25) is 35.1 Å². The second-order valence-electron chi connectivity index (χ2n) is 5.84. The Kier molecular flexibility index (Phi) is 4.50. The van der Waals surface area contributed by atoms with E-state index in [2.05, 4.69) is 10.9 Å². The molecule has 1 aliphatic rings. The molecule has 132 valence electrons. The van der Waals surface area contributed by atoms with Crippen LogP contribution in [0.2, 0.25) is 0 Å². The number of hydrazine groups is 1. The maximum Gasteiger partial charge on any atom is 0.419 e. The number of amides is 2. The largest absolute Gasteiger partial charge is 0.419 e. The minimum absolute atomic E-state index is 0.000212. The predicted octanol–water partition coefficient (Wildman–Crippen LogP) is 0.840. The number of fused-ring (bicyclic) bond motifs is 1. The number of benzene rings is 1. The first-order chi connectivity index (χ1) is 12.0. The molecular weight excluding hydrogens is 332 g/mol. The van der Waals surface area contributed by atoms with Gasteiger partial charge >= 0.3 is 5.76 Å². The van der Waals surface area contributed by atoms with Crippen LogP contribution in [0, 0.1) is 16.0 Å². The zero-order chi connectivity index (χ0) is 18.0. The minimum Gasteiger partial charge on any atom is -0.407 e. The lowest BCUT2D eigenvalue weighted by Gasteiger charge is -2.06. The number of aromatic nitrogens is 1. The summed E-state index contributed by atoms with van der Waals surface area (Å²) in [6.07, 6.45) is 2.14. The molecule has 1 heterocycles. The Balaban J connectivity index is 1.56. The average Bonchev–Trinajstić information content (AvgIpc) is 3.37. The van der Waals surface area contributed by atoms with E-state index in [0.717, 1.165) is 12.8 Å². The fourth-order valence-corrected chi connectivity index (χ4v) is 2.42. The van der Waals surface area contributed by atoms with Crippen LogP contribution in [0.5, 0.6) is 0 Å². The van der Waals surface area contributed by atoms with Crippen molar-refractivity contribution >= 4 is 28.6 Å². The third-order valence-corrected chi connectivity index (χ3v) is 3.92. The highest BCUT2D eigenvalue weighted by Crippen LogP contribution is 2.28. The number of aryl methyl sites for hydroxylation is 1. The number of rotatable bonds is 6. The first-order valence-electron chi connectivity index (χ1n) is 7.82. The molecule has 1 saturated carbocycles. The van der Waals surface area contributed by atoms with Gasteiger partial charge in [-0.1, -0.05) is 0 Å². The molecule has 25 heavy (non-hydrogen) atoms. The normalized spacial score (nSPS) is 13.6. The number of oxazole rings is 1. The molecular formula is C15H16N4O6. The molecule has 0 spiro atoms. The quantitative estimate of drug-likeness (QED) is 0.586. The van der Waals surface area contributed by atoms with Gasteiger partial charge in [-0.25, -0.2) is 4.79 Å². The fraction of sp³-hybridized carbons (Fsp3) is 0.400. The van der Waals surface area contributed by atoms with E-state index in [4.69, 9.17) is 4.42 Å². The minimum atomic E-state index is -0.641. The average molecular weight is 348 g/mol. The second kappa shape index (κ2) is 6.75. The van der Waals surface area contributed by atoms with E-state index >= 15 is 0 Å². The highest BCUT2D eigenvalue weighted by Gasteiger charge is 2.29.